The Morgan fingerprint density at radius 1 is 1.05 bits per heavy atom. The molecule has 0 aromatic heterocycles. The van der Waals surface area contributed by atoms with E-state index in [1.807, 2.05) is 12.1 Å². The second kappa shape index (κ2) is 6.04. The highest BCUT2D eigenvalue weighted by Gasteiger charge is 2.15. The van der Waals surface area contributed by atoms with Crippen LogP contribution in [0.5, 0.6) is 0 Å². The van der Waals surface area contributed by atoms with Crippen molar-refractivity contribution in [2.45, 2.75) is 12.8 Å². The molecule has 0 atom stereocenters. The van der Waals surface area contributed by atoms with Crippen molar-refractivity contribution in [2.75, 3.05) is 18.0 Å². The summed E-state index contributed by atoms with van der Waals surface area (Å²) in [7, 11) is 0. The maximum atomic E-state index is 6.28. The zero-order valence-corrected chi connectivity index (χ0v) is 13.3. The average Bonchev–Trinajstić information content (AvgIpc) is 2.69. The van der Waals surface area contributed by atoms with Crippen LogP contribution in [0.1, 0.15) is 16.7 Å². The fraction of sp³-hybridized carbons (Fsp3) is 0.235. The number of fused-ring (bicyclic) bond motifs is 1. The van der Waals surface area contributed by atoms with Gasteiger partial charge in [0, 0.05) is 24.3 Å². The molecule has 1 heterocycles. The molecule has 4 heteroatoms. The molecular weight excluding hydrogens is 300 g/mol. The molecule has 0 saturated carbocycles. The van der Waals surface area contributed by atoms with E-state index in [1.54, 1.807) is 0 Å². The Labute approximate surface area is 135 Å². The fourth-order valence-electron chi connectivity index (χ4n) is 2.83. The smallest absolute Gasteiger partial charge is 0.105 e. The zero-order chi connectivity index (χ0) is 14.8. The maximum Gasteiger partial charge on any atom is 0.105 e. The Balaban J connectivity index is 1.83. The summed E-state index contributed by atoms with van der Waals surface area (Å²) in [6, 6.07) is 14.6. The quantitative estimate of drug-likeness (QED) is 0.859. The predicted octanol–water partition coefficient (Wildman–Crippen LogP) is 3.58. The van der Waals surface area contributed by atoms with Gasteiger partial charge < -0.3 is 10.6 Å². The third-order valence-corrected chi connectivity index (χ3v) is 4.54. The Kier molecular flexibility index (Phi) is 4.13. The summed E-state index contributed by atoms with van der Waals surface area (Å²) in [5.41, 5.74) is 10.4. The van der Waals surface area contributed by atoms with Gasteiger partial charge in [0.2, 0.25) is 0 Å². The number of nitrogens with two attached hydrogens (primary N) is 1. The van der Waals surface area contributed by atoms with E-state index in [0.717, 1.165) is 37.2 Å². The predicted molar refractivity (Wildman–Crippen MR) is 93.4 cm³/mol. The normalized spacial score (nSPS) is 14.4. The molecule has 1 aliphatic heterocycles. The molecule has 0 bridgehead atoms. The number of hydrogen-bond acceptors (Lipinski definition) is 2. The lowest BCUT2D eigenvalue weighted by atomic mass is 10.0. The summed E-state index contributed by atoms with van der Waals surface area (Å²) in [5, 5.41) is 0.627. The van der Waals surface area contributed by atoms with Crippen LogP contribution >= 0.6 is 23.8 Å². The highest BCUT2D eigenvalue weighted by molar-refractivity contribution is 7.80. The zero-order valence-electron chi connectivity index (χ0n) is 11.7. The Bertz CT molecular complexity index is 657. The monoisotopic (exact) mass is 316 g/mol. The molecule has 0 spiro atoms. The van der Waals surface area contributed by atoms with E-state index in [-0.39, 0.29) is 0 Å². The van der Waals surface area contributed by atoms with E-state index in [1.165, 1.54) is 11.1 Å². The van der Waals surface area contributed by atoms with E-state index in [4.69, 9.17) is 29.6 Å². The van der Waals surface area contributed by atoms with Gasteiger partial charge in [-0.2, -0.15) is 0 Å². The highest BCUT2D eigenvalue weighted by Crippen LogP contribution is 2.26. The van der Waals surface area contributed by atoms with Crippen molar-refractivity contribution in [3.8, 4) is 0 Å². The van der Waals surface area contributed by atoms with Gasteiger partial charge in [-0.25, -0.2) is 0 Å². The average molecular weight is 317 g/mol. The van der Waals surface area contributed by atoms with Gasteiger partial charge in [0.05, 0.1) is 5.02 Å². The molecule has 1 aliphatic rings. The van der Waals surface area contributed by atoms with E-state index in [0.29, 0.717) is 10.0 Å². The van der Waals surface area contributed by atoms with Crippen molar-refractivity contribution in [1.82, 2.24) is 0 Å². The fourth-order valence-corrected chi connectivity index (χ4v) is 3.34. The van der Waals surface area contributed by atoms with Gasteiger partial charge >= 0.3 is 0 Å². The van der Waals surface area contributed by atoms with Gasteiger partial charge in [0.15, 0.2) is 0 Å². The maximum absolute atomic E-state index is 6.28. The van der Waals surface area contributed by atoms with E-state index >= 15 is 0 Å². The summed E-state index contributed by atoms with van der Waals surface area (Å²) in [6.45, 7) is 2.00. The largest absolute Gasteiger partial charge is 0.389 e. The van der Waals surface area contributed by atoms with Crippen molar-refractivity contribution in [3.05, 3.63) is 64.2 Å². The summed E-state index contributed by atoms with van der Waals surface area (Å²) in [5.74, 6) is 0. The van der Waals surface area contributed by atoms with E-state index in [9.17, 15) is 0 Å². The number of nitrogens with zero attached hydrogens (tertiary/aromatic N) is 1. The molecule has 108 valence electrons. The highest BCUT2D eigenvalue weighted by atomic mass is 35.5. The minimum atomic E-state index is 0.342. The molecule has 2 nitrogen and oxygen atoms in total. The van der Waals surface area contributed by atoms with Crippen LogP contribution in [0.4, 0.5) is 5.69 Å². The lowest BCUT2D eigenvalue weighted by Crippen LogP contribution is -2.26. The molecule has 0 unspecified atom stereocenters. The lowest BCUT2D eigenvalue weighted by Gasteiger charge is -2.23. The van der Waals surface area contributed by atoms with Gasteiger partial charge in [0.25, 0.3) is 0 Å². The Morgan fingerprint density at radius 3 is 2.19 bits per heavy atom. The first-order valence-electron chi connectivity index (χ1n) is 7.06. The molecule has 2 N–H and O–H groups in total. The molecule has 21 heavy (non-hydrogen) atoms. The van der Waals surface area contributed by atoms with Crippen molar-refractivity contribution in [3.63, 3.8) is 0 Å². The Hall–Kier alpha value is -1.58. The molecule has 0 radical (unpaired) electrons. The van der Waals surface area contributed by atoms with Crippen LogP contribution in [0, 0.1) is 0 Å². The number of halogens is 1. The first-order valence-corrected chi connectivity index (χ1v) is 7.85. The van der Waals surface area contributed by atoms with Crippen LogP contribution in [0.15, 0.2) is 42.5 Å². The molecule has 0 amide bonds. The number of hydrogen-bond donors (Lipinski definition) is 1. The van der Waals surface area contributed by atoms with E-state index < -0.39 is 0 Å². The summed E-state index contributed by atoms with van der Waals surface area (Å²) >= 11 is 11.3. The van der Waals surface area contributed by atoms with Gasteiger partial charge in [-0.15, -0.1) is 0 Å². The summed E-state index contributed by atoms with van der Waals surface area (Å²) in [4.78, 5) is 2.71. The first-order chi connectivity index (χ1) is 10.1. The third-order valence-electron chi connectivity index (χ3n) is 4.00. The van der Waals surface area contributed by atoms with Crippen molar-refractivity contribution in [1.29, 1.82) is 0 Å². The molecule has 2 aromatic carbocycles. The number of anilines is 1. The van der Waals surface area contributed by atoms with Gasteiger partial charge in [0.1, 0.15) is 4.99 Å². The first kappa shape index (κ1) is 14.4. The van der Waals surface area contributed by atoms with Crippen LogP contribution in [-0.2, 0) is 12.8 Å². The Morgan fingerprint density at radius 2 is 1.67 bits per heavy atom. The van der Waals surface area contributed by atoms with Crippen LogP contribution < -0.4 is 10.6 Å². The molecule has 0 fully saturated rings. The SMILES string of the molecule is NC(=S)c1ccc(N2CCc3ccccc3CC2)cc1Cl. The molecule has 3 rings (SSSR count). The topological polar surface area (TPSA) is 29.3 Å². The second-order valence-electron chi connectivity index (χ2n) is 5.28. The summed E-state index contributed by atoms with van der Waals surface area (Å²) in [6.07, 6.45) is 2.12. The molecule has 2 aromatic rings. The van der Waals surface area contributed by atoms with E-state index in [2.05, 4.69) is 35.2 Å². The lowest BCUT2D eigenvalue weighted by molar-refractivity contribution is 0.806. The molecular formula is C17H17ClN2S. The van der Waals surface area contributed by atoms with Crippen LogP contribution in [0.2, 0.25) is 5.02 Å². The number of rotatable bonds is 2. The second-order valence-corrected chi connectivity index (χ2v) is 6.13. The summed E-state index contributed by atoms with van der Waals surface area (Å²) < 4.78 is 0. The van der Waals surface area contributed by atoms with Crippen LogP contribution in [0.25, 0.3) is 0 Å². The van der Waals surface area contributed by atoms with Crippen LogP contribution in [-0.4, -0.2) is 18.1 Å². The minimum Gasteiger partial charge on any atom is -0.389 e. The van der Waals surface area contributed by atoms with Crippen molar-refractivity contribution < 1.29 is 0 Å². The minimum absolute atomic E-state index is 0.342. The molecule has 0 saturated heterocycles. The number of thiocarbonyl (C=S) groups is 1. The van der Waals surface area contributed by atoms with Gasteiger partial charge in [-0.3, -0.25) is 0 Å². The van der Waals surface area contributed by atoms with Crippen molar-refractivity contribution in [2.24, 2.45) is 5.73 Å². The van der Waals surface area contributed by atoms with Gasteiger partial charge in [-0.1, -0.05) is 48.1 Å². The van der Waals surface area contributed by atoms with Crippen LogP contribution in [0.3, 0.4) is 0 Å². The standard InChI is InChI=1S/C17H17ClN2S/c18-16-11-14(5-6-15(16)17(19)21)20-9-7-12-3-1-2-4-13(12)8-10-20/h1-6,11H,7-10H2,(H2,19,21). The van der Waals surface area contributed by atoms with Crippen molar-refractivity contribution >= 4 is 34.5 Å². The molecule has 0 aliphatic carbocycles. The third kappa shape index (κ3) is 3.04. The number of benzene rings is 2. The van der Waals surface area contributed by atoms with Gasteiger partial charge in [-0.05, 0) is 42.2 Å².